The van der Waals surface area contributed by atoms with Gasteiger partial charge in [-0.25, -0.2) is 13.6 Å². The van der Waals surface area contributed by atoms with Gasteiger partial charge in [0.05, 0.1) is 5.54 Å². The summed E-state index contributed by atoms with van der Waals surface area (Å²) in [4.78, 5) is 15.8. The number of nitrogens with zero attached hydrogens (tertiary/aromatic N) is 2. The molecule has 0 N–H and O–H groups in total. The third kappa shape index (κ3) is 3.12. The van der Waals surface area contributed by atoms with E-state index in [1.807, 2.05) is 20.8 Å². The van der Waals surface area contributed by atoms with Gasteiger partial charge in [0.15, 0.2) is 0 Å². The van der Waals surface area contributed by atoms with Gasteiger partial charge in [-0.2, -0.15) is 0 Å². The maximum absolute atomic E-state index is 14.0. The summed E-state index contributed by atoms with van der Waals surface area (Å²) < 4.78 is 33.5. The van der Waals surface area contributed by atoms with Gasteiger partial charge >= 0.3 is 6.09 Å². The molecule has 1 spiro atoms. The molecule has 1 aromatic rings. The first-order valence-corrected chi connectivity index (χ1v) is 7.91. The van der Waals surface area contributed by atoms with Crippen molar-refractivity contribution in [2.24, 2.45) is 0 Å². The summed E-state index contributed by atoms with van der Waals surface area (Å²) in [5.74, 6) is -1.13. The number of hydrogen-bond acceptors (Lipinski definition) is 3. The third-order valence-electron chi connectivity index (χ3n) is 4.35. The smallest absolute Gasteiger partial charge is 0.410 e. The summed E-state index contributed by atoms with van der Waals surface area (Å²) in [7, 11) is 0. The lowest BCUT2D eigenvalue weighted by atomic mass is 10.1. The Kier molecular flexibility index (Phi) is 3.73. The first-order valence-electron chi connectivity index (χ1n) is 7.91. The molecule has 1 saturated carbocycles. The van der Waals surface area contributed by atoms with Crippen LogP contribution in [0.2, 0.25) is 0 Å². The number of amides is 1. The second kappa shape index (κ2) is 5.35. The summed E-state index contributed by atoms with van der Waals surface area (Å²) in [5.41, 5.74) is -0.903. The van der Waals surface area contributed by atoms with E-state index in [0.29, 0.717) is 19.6 Å². The van der Waals surface area contributed by atoms with Crippen LogP contribution in [-0.4, -0.2) is 41.8 Å². The van der Waals surface area contributed by atoms with Crippen LogP contribution in [0.1, 0.15) is 33.6 Å². The van der Waals surface area contributed by atoms with Crippen molar-refractivity contribution < 1.29 is 18.3 Å². The second-order valence-corrected chi connectivity index (χ2v) is 7.35. The molecule has 1 saturated heterocycles. The number of benzene rings is 1. The zero-order valence-corrected chi connectivity index (χ0v) is 13.7. The van der Waals surface area contributed by atoms with E-state index in [4.69, 9.17) is 4.74 Å². The number of ether oxygens (including phenoxy) is 1. The van der Waals surface area contributed by atoms with Crippen LogP contribution in [0.4, 0.5) is 19.3 Å². The van der Waals surface area contributed by atoms with E-state index in [-0.39, 0.29) is 17.3 Å². The van der Waals surface area contributed by atoms with Gasteiger partial charge in [-0.1, -0.05) is 6.07 Å². The fraction of sp³-hybridized carbons (Fsp3) is 0.588. The van der Waals surface area contributed by atoms with Gasteiger partial charge in [-0.15, -0.1) is 0 Å². The fourth-order valence-corrected chi connectivity index (χ4v) is 3.13. The summed E-state index contributed by atoms with van der Waals surface area (Å²) in [5, 5.41) is 0. The molecular weight excluding hydrogens is 302 g/mol. The first-order chi connectivity index (χ1) is 10.7. The molecular formula is C17H22F2N2O2. The highest BCUT2D eigenvalue weighted by Crippen LogP contribution is 2.46. The molecule has 0 unspecified atom stereocenters. The van der Waals surface area contributed by atoms with Gasteiger partial charge in [0.1, 0.15) is 22.9 Å². The number of rotatable bonds is 1. The maximum Gasteiger partial charge on any atom is 0.410 e. The summed E-state index contributed by atoms with van der Waals surface area (Å²) in [6.45, 7) is 6.71. The molecule has 4 nitrogen and oxygen atoms in total. The molecule has 1 amide bonds. The van der Waals surface area contributed by atoms with Crippen LogP contribution in [0.15, 0.2) is 18.2 Å². The number of halogens is 2. The molecule has 2 fully saturated rings. The van der Waals surface area contributed by atoms with Gasteiger partial charge in [-0.05, 0) is 45.7 Å². The lowest BCUT2D eigenvalue weighted by molar-refractivity contribution is 0.0106. The standard InChI is InChI=1S/C17H22F2N2O2/c1-16(2,3)23-15(22)21-10-9-20(11-17(21)7-8-17)14-12(18)5-4-6-13(14)19/h4-6H,7-11H2,1-3H3. The highest BCUT2D eigenvalue weighted by molar-refractivity contribution is 5.71. The van der Waals surface area contributed by atoms with E-state index in [9.17, 15) is 13.6 Å². The minimum Gasteiger partial charge on any atom is -0.444 e. The highest BCUT2D eigenvalue weighted by atomic mass is 19.1. The van der Waals surface area contributed by atoms with Crippen LogP contribution in [0.5, 0.6) is 0 Å². The average Bonchev–Trinajstić information content (AvgIpc) is 3.16. The zero-order chi connectivity index (χ0) is 16.8. The molecule has 1 aliphatic carbocycles. The number of carbonyl (C=O) groups is 1. The molecule has 126 valence electrons. The highest BCUT2D eigenvalue weighted by Gasteiger charge is 2.54. The minimum atomic E-state index is -0.563. The van der Waals surface area contributed by atoms with E-state index in [1.165, 1.54) is 18.2 Å². The predicted molar refractivity (Wildman–Crippen MR) is 83.5 cm³/mol. The van der Waals surface area contributed by atoms with E-state index in [0.717, 1.165) is 12.8 Å². The fourth-order valence-electron chi connectivity index (χ4n) is 3.13. The first kappa shape index (κ1) is 16.0. The average molecular weight is 324 g/mol. The van der Waals surface area contributed by atoms with Crippen LogP contribution < -0.4 is 4.90 Å². The van der Waals surface area contributed by atoms with Crippen LogP contribution in [-0.2, 0) is 4.74 Å². The molecule has 23 heavy (non-hydrogen) atoms. The Morgan fingerprint density at radius 1 is 1.17 bits per heavy atom. The summed E-state index contributed by atoms with van der Waals surface area (Å²) in [6, 6.07) is 3.88. The van der Waals surface area contributed by atoms with Crippen molar-refractivity contribution in [3.05, 3.63) is 29.8 Å². The summed E-state index contributed by atoms with van der Waals surface area (Å²) in [6.07, 6.45) is 1.32. The number of piperazine rings is 1. The molecule has 3 rings (SSSR count). The molecule has 0 aromatic heterocycles. The number of hydrogen-bond donors (Lipinski definition) is 0. The molecule has 1 heterocycles. The lowest BCUT2D eigenvalue weighted by Crippen LogP contribution is -2.58. The molecule has 0 atom stereocenters. The molecule has 2 aliphatic rings. The third-order valence-corrected chi connectivity index (χ3v) is 4.35. The molecule has 1 aliphatic heterocycles. The van der Waals surface area contributed by atoms with Gasteiger partial charge in [0, 0.05) is 19.6 Å². The van der Waals surface area contributed by atoms with E-state index < -0.39 is 17.2 Å². The quantitative estimate of drug-likeness (QED) is 0.792. The minimum absolute atomic E-state index is 0.00242. The molecule has 0 radical (unpaired) electrons. The van der Waals surface area contributed by atoms with Gasteiger partial charge in [0.2, 0.25) is 0 Å². The van der Waals surface area contributed by atoms with Crippen LogP contribution in [0.3, 0.4) is 0 Å². The Morgan fingerprint density at radius 3 is 2.30 bits per heavy atom. The molecule has 1 aromatic carbocycles. The Labute approximate surface area is 135 Å². The normalized spacial score (nSPS) is 19.9. The van der Waals surface area contributed by atoms with Gasteiger partial charge < -0.3 is 9.64 Å². The van der Waals surface area contributed by atoms with Crippen molar-refractivity contribution in [2.45, 2.75) is 44.8 Å². The van der Waals surface area contributed by atoms with E-state index in [2.05, 4.69) is 0 Å². The van der Waals surface area contributed by atoms with Crippen molar-refractivity contribution in [1.82, 2.24) is 4.90 Å². The predicted octanol–water partition coefficient (Wildman–Crippen LogP) is 3.55. The van der Waals surface area contributed by atoms with Crippen molar-refractivity contribution in [3.8, 4) is 0 Å². The largest absolute Gasteiger partial charge is 0.444 e. The Hall–Kier alpha value is -1.85. The Balaban J connectivity index is 1.78. The van der Waals surface area contributed by atoms with Crippen molar-refractivity contribution in [1.29, 1.82) is 0 Å². The zero-order valence-electron chi connectivity index (χ0n) is 13.7. The van der Waals surface area contributed by atoms with Crippen molar-refractivity contribution in [3.63, 3.8) is 0 Å². The monoisotopic (exact) mass is 324 g/mol. The molecule has 0 bridgehead atoms. The number of carbonyl (C=O) groups excluding carboxylic acids is 1. The number of anilines is 1. The van der Waals surface area contributed by atoms with Crippen LogP contribution in [0, 0.1) is 11.6 Å². The van der Waals surface area contributed by atoms with Gasteiger partial charge in [-0.3, -0.25) is 4.90 Å². The van der Waals surface area contributed by atoms with E-state index in [1.54, 1.807) is 9.80 Å². The lowest BCUT2D eigenvalue weighted by Gasteiger charge is -2.43. The summed E-state index contributed by atoms with van der Waals surface area (Å²) >= 11 is 0. The second-order valence-electron chi connectivity index (χ2n) is 7.35. The van der Waals surface area contributed by atoms with Crippen LogP contribution >= 0.6 is 0 Å². The van der Waals surface area contributed by atoms with Gasteiger partial charge in [0.25, 0.3) is 0 Å². The van der Waals surface area contributed by atoms with E-state index >= 15 is 0 Å². The molecule has 6 heteroatoms. The van der Waals surface area contributed by atoms with Crippen molar-refractivity contribution >= 4 is 11.8 Å². The Bertz CT molecular complexity index is 603. The maximum atomic E-state index is 14.0. The Morgan fingerprint density at radius 2 is 1.78 bits per heavy atom. The van der Waals surface area contributed by atoms with Crippen LogP contribution in [0.25, 0.3) is 0 Å². The number of para-hydroxylation sites is 1. The SMILES string of the molecule is CC(C)(C)OC(=O)N1CCN(c2c(F)cccc2F)CC12CC2. The topological polar surface area (TPSA) is 32.8 Å². The van der Waals surface area contributed by atoms with Crippen molar-refractivity contribution in [2.75, 3.05) is 24.5 Å².